The number of ether oxygens (including phenoxy) is 1. The van der Waals surface area contributed by atoms with Crippen molar-refractivity contribution in [1.82, 2.24) is 4.98 Å². The fraction of sp³-hybridized carbons (Fsp3) is 0.700. The third kappa shape index (κ3) is 2.83. The van der Waals surface area contributed by atoms with Gasteiger partial charge in [-0.15, -0.1) is 22.9 Å². The summed E-state index contributed by atoms with van der Waals surface area (Å²) in [7, 11) is 0. The van der Waals surface area contributed by atoms with Crippen LogP contribution in [-0.4, -0.2) is 30.8 Å². The molecule has 3 nitrogen and oxygen atoms in total. The SMILES string of the molecule is CC1CN(c2nc(CCl)cs2)CCCO1. The lowest BCUT2D eigenvalue weighted by Crippen LogP contribution is -2.29. The van der Waals surface area contributed by atoms with E-state index in [1.807, 2.05) is 5.38 Å². The van der Waals surface area contributed by atoms with Crippen LogP contribution < -0.4 is 4.90 Å². The molecule has 0 amide bonds. The smallest absolute Gasteiger partial charge is 0.185 e. The van der Waals surface area contributed by atoms with Crippen LogP contribution >= 0.6 is 22.9 Å². The second kappa shape index (κ2) is 5.14. The topological polar surface area (TPSA) is 25.4 Å². The summed E-state index contributed by atoms with van der Waals surface area (Å²) in [6, 6.07) is 0. The number of halogens is 1. The minimum absolute atomic E-state index is 0.288. The van der Waals surface area contributed by atoms with Crippen LogP contribution in [0.5, 0.6) is 0 Å². The molecule has 0 bridgehead atoms. The molecular formula is C10H15ClN2OS. The molecular weight excluding hydrogens is 232 g/mol. The summed E-state index contributed by atoms with van der Waals surface area (Å²) in [4.78, 5) is 6.78. The first-order valence-electron chi connectivity index (χ1n) is 5.16. The summed E-state index contributed by atoms with van der Waals surface area (Å²) in [6.45, 7) is 4.91. The third-order valence-corrected chi connectivity index (χ3v) is 3.62. The highest BCUT2D eigenvalue weighted by molar-refractivity contribution is 7.13. The second-order valence-corrected chi connectivity index (χ2v) is 4.84. The monoisotopic (exact) mass is 246 g/mol. The van der Waals surface area contributed by atoms with Crippen molar-refractivity contribution in [3.8, 4) is 0 Å². The Kier molecular flexibility index (Phi) is 3.83. The van der Waals surface area contributed by atoms with E-state index < -0.39 is 0 Å². The van der Waals surface area contributed by atoms with Crippen molar-refractivity contribution in [2.75, 3.05) is 24.6 Å². The number of nitrogens with zero attached hydrogens (tertiary/aromatic N) is 2. The molecule has 1 aliphatic rings. The Labute approximate surface area is 99.0 Å². The highest BCUT2D eigenvalue weighted by Gasteiger charge is 2.17. The zero-order valence-electron chi connectivity index (χ0n) is 8.78. The van der Waals surface area contributed by atoms with Crippen molar-refractivity contribution in [3.63, 3.8) is 0 Å². The molecule has 2 rings (SSSR count). The molecule has 1 aromatic heterocycles. The van der Waals surface area contributed by atoms with Crippen molar-refractivity contribution in [1.29, 1.82) is 0 Å². The van der Waals surface area contributed by atoms with Crippen molar-refractivity contribution in [2.24, 2.45) is 0 Å². The van der Waals surface area contributed by atoms with Gasteiger partial charge in [0, 0.05) is 25.1 Å². The summed E-state index contributed by atoms with van der Waals surface area (Å²) in [5, 5.41) is 3.10. The Morgan fingerprint density at radius 1 is 1.73 bits per heavy atom. The third-order valence-electron chi connectivity index (χ3n) is 2.40. The lowest BCUT2D eigenvalue weighted by molar-refractivity contribution is 0.0821. The molecule has 0 aromatic carbocycles. The molecule has 15 heavy (non-hydrogen) atoms. The molecule has 84 valence electrons. The fourth-order valence-corrected chi connectivity index (χ4v) is 2.76. The number of hydrogen-bond donors (Lipinski definition) is 0. The normalized spacial score (nSPS) is 22.8. The molecule has 0 radical (unpaired) electrons. The van der Waals surface area contributed by atoms with Crippen LogP contribution in [0.1, 0.15) is 19.0 Å². The number of anilines is 1. The number of rotatable bonds is 2. The van der Waals surface area contributed by atoms with Gasteiger partial charge >= 0.3 is 0 Å². The van der Waals surface area contributed by atoms with Crippen LogP contribution in [0.3, 0.4) is 0 Å². The molecule has 0 spiro atoms. The van der Waals surface area contributed by atoms with Crippen LogP contribution in [0.25, 0.3) is 0 Å². The van der Waals surface area contributed by atoms with Gasteiger partial charge in [-0.1, -0.05) is 0 Å². The average molecular weight is 247 g/mol. The zero-order chi connectivity index (χ0) is 10.7. The first-order chi connectivity index (χ1) is 7.29. The van der Waals surface area contributed by atoms with E-state index in [9.17, 15) is 0 Å². The van der Waals surface area contributed by atoms with Gasteiger partial charge in [0.15, 0.2) is 5.13 Å². The predicted octanol–water partition coefficient (Wildman–Crippen LogP) is 2.50. The summed E-state index contributed by atoms with van der Waals surface area (Å²) < 4.78 is 5.60. The van der Waals surface area contributed by atoms with Gasteiger partial charge in [0.25, 0.3) is 0 Å². The van der Waals surface area contributed by atoms with Crippen molar-refractivity contribution in [2.45, 2.75) is 25.3 Å². The van der Waals surface area contributed by atoms with E-state index in [2.05, 4.69) is 16.8 Å². The summed E-state index contributed by atoms with van der Waals surface area (Å²) in [5.41, 5.74) is 0.967. The van der Waals surface area contributed by atoms with E-state index in [1.54, 1.807) is 11.3 Å². The maximum atomic E-state index is 5.74. The maximum Gasteiger partial charge on any atom is 0.185 e. The molecule has 0 saturated carbocycles. The Balaban J connectivity index is 2.07. The van der Waals surface area contributed by atoms with E-state index in [-0.39, 0.29) is 6.10 Å². The Hall–Kier alpha value is -0.320. The quantitative estimate of drug-likeness (QED) is 0.750. The minimum atomic E-state index is 0.288. The first kappa shape index (κ1) is 11.2. The number of hydrogen-bond acceptors (Lipinski definition) is 4. The molecule has 0 N–H and O–H groups in total. The van der Waals surface area contributed by atoms with E-state index >= 15 is 0 Å². The molecule has 1 aliphatic heterocycles. The summed E-state index contributed by atoms with van der Waals surface area (Å²) >= 11 is 7.41. The lowest BCUT2D eigenvalue weighted by Gasteiger charge is -2.20. The van der Waals surface area contributed by atoms with Gasteiger partial charge in [-0.25, -0.2) is 4.98 Å². The Bertz CT molecular complexity index is 318. The second-order valence-electron chi connectivity index (χ2n) is 3.74. The predicted molar refractivity (Wildman–Crippen MR) is 63.9 cm³/mol. The van der Waals surface area contributed by atoms with Gasteiger partial charge < -0.3 is 9.64 Å². The van der Waals surface area contributed by atoms with Crippen LogP contribution in [0.2, 0.25) is 0 Å². The molecule has 5 heteroatoms. The standard InChI is InChI=1S/C10H15ClN2OS/c1-8-6-13(3-2-4-14-8)10-12-9(5-11)7-15-10/h7-8H,2-6H2,1H3. The van der Waals surface area contributed by atoms with Crippen molar-refractivity contribution < 1.29 is 4.74 Å². The zero-order valence-corrected chi connectivity index (χ0v) is 10.4. The van der Waals surface area contributed by atoms with Gasteiger partial charge in [0.1, 0.15) is 0 Å². The van der Waals surface area contributed by atoms with Gasteiger partial charge in [0.05, 0.1) is 17.7 Å². The van der Waals surface area contributed by atoms with Crippen LogP contribution in [0.15, 0.2) is 5.38 Å². The van der Waals surface area contributed by atoms with Gasteiger partial charge in [-0.05, 0) is 13.3 Å². The fourth-order valence-electron chi connectivity index (χ4n) is 1.67. The molecule has 1 atom stereocenters. The van der Waals surface area contributed by atoms with Crippen LogP contribution in [-0.2, 0) is 10.6 Å². The van der Waals surface area contributed by atoms with Crippen molar-refractivity contribution >= 4 is 28.1 Å². The van der Waals surface area contributed by atoms with E-state index in [4.69, 9.17) is 16.3 Å². The largest absolute Gasteiger partial charge is 0.377 e. The van der Waals surface area contributed by atoms with E-state index in [0.717, 1.165) is 36.9 Å². The molecule has 1 fully saturated rings. The maximum absolute atomic E-state index is 5.74. The lowest BCUT2D eigenvalue weighted by atomic mass is 10.4. The molecule has 2 heterocycles. The van der Waals surface area contributed by atoms with E-state index in [1.165, 1.54) is 0 Å². The number of thiazole rings is 1. The van der Waals surface area contributed by atoms with Gasteiger partial charge in [0.2, 0.25) is 0 Å². The van der Waals surface area contributed by atoms with Crippen LogP contribution in [0, 0.1) is 0 Å². The molecule has 1 saturated heterocycles. The summed E-state index contributed by atoms with van der Waals surface area (Å²) in [5.74, 6) is 0.496. The Morgan fingerprint density at radius 3 is 3.33 bits per heavy atom. The number of alkyl halides is 1. The van der Waals surface area contributed by atoms with E-state index in [0.29, 0.717) is 5.88 Å². The molecule has 1 unspecified atom stereocenters. The van der Waals surface area contributed by atoms with Crippen molar-refractivity contribution in [3.05, 3.63) is 11.1 Å². The number of aromatic nitrogens is 1. The van der Waals surface area contributed by atoms with Crippen LogP contribution in [0.4, 0.5) is 5.13 Å². The first-order valence-corrected chi connectivity index (χ1v) is 6.58. The van der Waals surface area contributed by atoms with Gasteiger partial charge in [-0.2, -0.15) is 0 Å². The Morgan fingerprint density at radius 2 is 2.60 bits per heavy atom. The molecule has 1 aromatic rings. The highest BCUT2D eigenvalue weighted by Crippen LogP contribution is 2.23. The average Bonchev–Trinajstić information content (AvgIpc) is 2.61. The van der Waals surface area contributed by atoms with Gasteiger partial charge in [-0.3, -0.25) is 0 Å². The summed E-state index contributed by atoms with van der Waals surface area (Å²) in [6.07, 6.45) is 1.36. The highest BCUT2D eigenvalue weighted by atomic mass is 35.5. The minimum Gasteiger partial charge on any atom is -0.377 e. The molecule has 0 aliphatic carbocycles.